The number of hydrogen-bond donors (Lipinski definition) is 1. The highest BCUT2D eigenvalue weighted by Gasteiger charge is 2.40. The fourth-order valence-corrected chi connectivity index (χ4v) is 1.05. The summed E-state index contributed by atoms with van der Waals surface area (Å²) in [7, 11) is 0. The van der Waals surface area contributed by atoms with E-state index in [1.54, 1.807) is 18.3 Å². The Morgan fingerprint density at radius 1 is 1.64 bits per heavy atom. The Labute approximate surface area is 81.6 Å². The molecule has 0 saturated carbocycles. The second kappa shape index (κ2) is 3.71. The number of aromatic nitrogens is 1. The van der Waals surface area contributed by atoms with E-state index in [0.717, 1.165) is 0 Å². The molecule has 14 heavy (non-hydrogen) atoms. The van der Waals surface area contributed by atoms with Crippen LogP contribution in [0.3, 0.4) is 0 Å². The molecule has 0 amide bonds. The molecule has 5 heteroatoms. The van der Waals surface area contributed by atoms with Gasteiger partial charge in [0.25, 0.3) is 0 Å². The van der Waals surface area contributed by atoms with E-state index in [1.165, 1.54) is 20.0 Å². The third-order valence-electron chi connectivity index (χ3n) is 2.14. The van der Waals surface area contributed by atoms with Crippen LogP contribution in [0.1, 0.15) is 25.5 Å². The van der Waals surface area contributed by atoms with Crippen molar-refractivity contribution < 1.29 is 10.0 Å². The maximum Gasteiger partial charge on any atom is 0.246 e. The molecular weight excluding hydrogens is 184 g/mol. The van der Waals surface area contributed by atoms with Gasteiger partial charge in [-0.25, -0.2) is 0 Å². The zero-order valence-electron chi connectivity index (χ0n) is 8.04. The highest BCUT2D eigenvalue weighted by Crippen LogP contribution is 2.27. The second-order valence-electron chi connectivity index (χ2n) is 3.60. The number of pyridine rings is 1. The summed E-state index contributed by atoms with van der Waals surface area (Å²) in [6, 6.07) is 3.25. The van der Waals surface area contributed by atoms with Crippen LogP contribution in [0.15, 0.2) is 24.5 Å². The Bertz CT molecular complexity index is 324. The number of nitrogens with zero attached hydrogens (tertiary/aromatic N) is 2. The lowest BCUT2D eigenvalue weighted by atomic mass is 9.93. The van der Waals surface area contributed by atoms with Crippen LogP contribution >= 0.6 is 0 Å². The van der Waals surface area contributed by atoms with Gasteiger partial charge in [-0.05, 0) is 6.07 Å². The van der Waals surface area contributed by atoms with Crippen molar-refractivity contribution in [3.05, 3.63) is 40.2 Å². The van der Waals surface area contributed by atoms with Crippen LogP contribution in [0.5, 0.6) is 0 Å². The summed E-state index contributed by atoms with van der Waals surface area (Å²) in [6.07, 6.45) is 1.83. The Hall–Kier alpha value is -1.49. The zero-order chi connectivity index (χ0) is 10.8. The molecule has 1 rings (SSSR count). The van der Waals surface area contributed by atoms with Crippen molar-refractivity contribution >= 4 is 0 Å². The van der Waals surface area contributed by atoms with E-state index in [1.807, 2.05) is 0 Å². The van der Waals surface area contributed by atoms with Crippen LogP contribution in [0.4, 0.5) is 0 Å². The highest BCUT2D eigenvalue weighted by atomic mass is 16.6. The summed E-state index contributed by atoms with van der Waals surface area (Å²) in [5.74, 6) is 0. The van der Waals surface area contributed by atoms with Crippen molar-refractivity contribution in [1.29, 1.82) is 0 Å². The van der Waals surface area contributed by atoms with Gasteiger partial charge < -0.3 is 5.11 Å². The number of rotatable bonds is 3. The van der Waals surface area contributed by atoms with Crippen LogP contribution in [0, 0.1) is 10.1 Å². The summed E-state index contributed by atoms with van der Waals surface area (Å²) >= 11 is 0. The molecule has 1 atom stereocenters. The van der Waals surface area contributed by atoms with E-state index in [-0.39, 0.29) is 0 Å². The van der Waals surface area contributed by atoms with E-state index in [0.29, 0.717) is 5.56 Å². The largest absolute Gasteiger partial charge is 0.381 e. The Morgan fingerprint density at radius 2 is 2.29 bits per heavy atom. The Morgan fingerprint density at radius 3 is 2.71 bits per heavy atom. The minimum Gasteiger partial charge on any atom is -0.381 e. The first kappa shape index (κ1) is 10.6. The standard InChI is InChI=1S/C9H12N2O3/c1-9(2,11(13)14)8(12)7-4-3-5-10-6-7/h3-6,8,12H,1-2H3. The van der Waals surface area contributed by atoms with E-state index < -0.39 is 16.6 Å². The molecule has 0 aromatic carbocycles. The minimum atomic E-state index is -1.40. The smallest absolute Gasteiger partial charge is 0.246 e. The molecule has 1 aromatic rings. The van der Waals surface area contributed by atoms with Gasteiger partial charge in [-0.2, -0.15) is 0 Å². The average molecular weight is 196 g/mol. The van der Waals surface area contributed by atoms with Crippen LogP contribution in [-0.4, -0.2) is 20.6 Å². The first-order chi connectivity index (χ1) is 6.46. The molecule has 0 fully saturated rings. The first-order valence-corrected chi connectivity index (χ1v) is 4.18. The maximum atomic E-state index is 10.7. The first-order valence-electron chi connectivity index (χ1n) is 4.18. The van der Waals surface area contributed by atoms with Crippen LogP contribution < -0.4 is 0 Å². The highest BCUT2D eigenvalue weighted by molar-refractivity contribution is 5.14. The van der Waals surface area contributed by atoms with Crippen molar-refractivity contribution in [2.24, 2.45) is 0 Å². The molecule has 0 saturated heterocycles. The van der Waals surface area contributed by atoms with E-state index in [9.17, 15) is 15.2 Å². The van der Waals surface area contributed by atoms with Crippen LogP contribution in [0.25, 0.3) is 0 Å². The predicted octanol–water partition coefficient (Wildman–Crippen LogP) is 1.17. The van der Waals surface area contributed by atoms with Gasteiger partial charge in [-0.1, -0.05) is 6.07 Å². The molecule has 0 bridgehead atoms. The van der Waals surface area contributed by atoms with Gasteiger partial charge in [0, 0.05) is 36.7 Å². The zero-order valence-corrected chi connectivity index (χ0v) is 8.04. The molecule has 1 N–H and O–H groups in total. The summed E-state index contributed by atoms with van der Waals surface area (Å²) in [4.78, 5) is 14.0. The number of aliphatic hydroxyl groups is 1. The van der Waals surface area contributed by atoms with E-state index in [2.05, 4.69) is 4.98 Å². The lowest BCUT2D eigenvalue weighted by molar-refractivity contribution is -0.575. The summed E-state index contributed by atoms with van der Waals surface area (Å²) in [5.41, 5.74) is -0.947. The molecule has 5 nitrogen and oxygen atoms in total. The van der Waals surface area contributed by atoms with Gasteiger partial charge in [0.05, 0.1) is 0 Å². The molecular formula is C9H12N2O3. The van der Waals surface area contributed by atoms with Gasteiger partial charge in [0.1, 0.15) is 6.10 Å². The molecule has 0 aliphatic heterocycles. The SMILES string of the molecule is CC(C)(C(O)c1cccnc1)[N+](=O)[O-]. The molecule has 1 heterocycles. The molecule has 0 spiro atoms. The van der Waals surface area contributed by atoms with Gasteiger partial charge in [-0.3, -0.25) is 15.1 Å². The molecule has 1 unspecified atom stereocenters. The van der Waals surface area contributed by atoms with Gasteiger partial charge in [0.15, 0.2) is 0 Å². The van der Waals surface area contributed by atoms with Gasteiger partial charge >= 0.3 is 0 Å². The van der Waals surface area contributed by atoms with Crippen molar-refractivity contribution in [2.45, 2.75) is 25.5 Å². The number of aliphatic hydroxyl groups excluding tert-OH is 1. The van der Waals surface area contributed by atoms with Crippen molar-refractivity contribution in [1.82, 2.24) is 4.98 Å². The molecule has 0 radical (unpaired) electrons. The minimum absolute atomic E-state index is 0.453. The normalized spacial score (nSPS) is 13.6. The van der Waals surface area contributed by atoms with Crippen LogP contribution in [0.2, 0.25) is 0 Å². The summed E-state index contributed by atoms with van der Waals surface area (Å²) in [6.45, 7) is 2.76. The van der Waals surface area contributed by atoms with Crippen molar-refractivity contribution in [3.8, 4) is 0 Å². The van der Waals surface area contributed by atoms with E-state index >= 15 is 0 Å². The number of nitro groups is 1. The summed E-state index contributed by atoms with van der Waals surface area (Å²) in [5, 5.41) is 20.4. The monoisotopic (exact) mass is 196 g/mol. The fraction of sp³-hybridized carbons (Fsp3) is 0.444. The lowest BCUT2D eigenvalue weighted by Crippen LogP contribution is -2.38. The molecule has 1 aromatic heterocycles. The quantitative estimate of drug-likeness (QED) is 0.581. The molecule has 0 aliphatic carbocycles. The maximum absolute atomic E-state index is 10.7. The lowest BCUT2D eigenvalue weighted by Gasteiger charge is -2.21. The van der Waals surface area contributed by atoms with Crippen molar-refractivity contribution in [3.63, 3.8) is 0 Å². The average Bonchev–Trinajstić information content (AvgIpc) is 2.17. The topological polar surface area (TPSA) is 76.3 Å². The van der Waals surface area contributed by atoms with E-state index in [4.69, 9.17) is 0 Å². The van der Waals surface area contributed by atoms with Gasteiger partial charge in [0.2, 0.25) is 5.54 Å². The third-order valence-corrected chi connectivity index (χ3v) is 2.14. The molecule has 76 valence electrons. The Balaban J connectivity index is 2.96. The second-order valence-corrected chi connectivity index (χ2v) is 3.60. The van der Waals surface area contributed by atoms with Crippen LogP contribution in [-0.2, 0) is 0 Å². The summed E-state index contributed by atoms with van der Waals surface area (Å²) < 4.78 is 0. The Kier molecular flexibility index (Phi) is 2.81. The third kappa shape index (κ3) is 1.88. The number of hydrogen-bond acceptors (Lipinski definition) is 4. The predicted molar refractivity (Wildman–Crippen MR) is 50.3 cm³/mol. The van der Waals surface area contributed by atoms with Gasteiger partial charge in [-0.15, -0.1) is 0 Å². The van der Waals surface area contributed by atoms with Crippen molar-refractivity contribution in [2.75, 3.05) is 0 Å². The molecule has 0 aliphatic rings. The fourth-order valence-electron chi connectivity index (χ4n) is 1.05.